The second kappa shape index (κ2) is 6.35. The van der Waals surface area contributed by atoms with E-state index in [2.05, 4.69) is 32.9 Å². The highest BCUT2D eigenvalue weighted by molar-refractivity contribution is 7.09. The van der Waals surface area contributed by atoms with Crippen molar-refractivity contribution in [3.8, 4) is 0 Å². The van der Waals surface area contributed by atoms with E-state index in [-0.39, 0.29) is 0 Å². The minimum atomic E-state index is 0.883. The predicted molar refractivity (Wildman–Crippen MR) is 77.4 cm³/mol. The molecular weight excluding hydrogens is 244 g/mol. The van der Waals surface area contributed by atoms with Gasteiger partial charge in [0.15, 0.2) is 0 Å². The average molecular weight is 262 g/mol. The van der Waals surface area contributed by atoms with Gasteiger partial charge in [0.1, 0.15) is 5.82 Å². The summed E-state index contributed by atoms with van der Waals surface area (Å²) < 4.78 is 0. The lowest BCUT2D eigenvalue weighted by molar-refractivity contribution is 0.967. The second-order valence-electron chi connectivity index (χ2n) is 3.99. The van der Waals surface area contributed by atoms with Crippen LogP contribution >= 0.6 is 11.3 Å². The number of hydrogen-bond acceptors (Lipinski definition) is 5. The van der Waals surface area contributed by atoms with E-state index in [4.69, 9.17) is 0 Å². The van der Waals surface area contributed by atoms with Crippen LogP contribution in [0.4, 0.5) is 11.5 Å². The zero-order chi connectivity index (χ0) is 12.8. The molecule has 2 rings (SSSR count). The van der Waals surface area contributed by atoms with Crippen LogP contribution in [0.5, 0.6) is 0 Å². The first-order valence-electron chi connectivity index (χ1n) is 6.12. The third kappa shape index (κ3) is 3.70. The number of pyridine rings is 1. The highest BCUT2D eigenvalue weighted by Crippen LogP contribution is 2.12. The number of nitrogens with zero attached hydrogens (tertiary/aromatic N) is 2. The number of nitrogens with one attached hydrogen (secondary N) is 2. The molecule has 0 amide bonds. The van der Waals surface area contributed by atoms with Gasteiger partial charge in [-0.05, 0) is 19.9 Å². The van der Waals surface area contributed by atoms with Gasteiger partial charge in [-0.3, -0.25) is 0 Å². The molecule has 0 aliphatic rings. The Bertz CT molecular complexity index is 495. The van der Waals surface area contributed by atoms with Crippen LogP contribution in [0.3, 0.4) is 0 Å². The Morgan fingerprint density at radius 1 is 1.33 bits per heavy atom. The van der Waals surface area contributed by atoms with E-state index in [0.29, 0.717) is 0 Å². The van der Waals surface area contributed by atoms with Crippen LogP contribution in [0.15, 0.2) is 23.7 Å². The van der Waals surface area contributed by atoms with Crippen LogP contribution in [0.25, 0.3) is 0 Å². The molecule has 2 N–H and O–H groups in total. The molecular formula is C13H18N4S. The summed E-state index contributed by atoms with van der Waals surface area (Å²) >= 11 is 1.70. The number of aromatic nitrogens is 2. The number of rotatable bonds is 6. The SMILES string of the molecule is CCNc1cc(NCCc2csc(C)n2)ccn1. The van der Waals surface area contributed by atoms with Crippen LogP contribution in [-0.2, 0) is 6.42 Å². The quantitative estimate of drug-likeness (QED) is 0.840. The number of anilines is 2. The summed E-state index contributed by atoms with van der Waals surface area (Å²) in [6.45, 7) is 5.87. The maximum absolute atomic E-state index is 4.44. The fourth-order valence-corrected chi connectivity index (χ4v) is 2.32. The second-order valence-corrected chi connectivity index (χ2v) is 5.06. The number of hydrogen-bond donors (Lipinski definition) is 2. The topological polar surface area (TPSA) is 49.8 Å². The van der Waals surface area contributed by atoms with Crippen molar-refractivity contribution < 1.29 is 0 Å². The first kappa shape index (κ1) is 12.8. The van der Waals surface area contributed by atoms with Crippen molar-refractivity contribution in [2.75, 3.05) is 23.7 Å². The van der Waals surface area contributed by atoms with Crippen LogP contribution in [0.1, 0.15) is 17.6 Å². The molecule has 0 saturated heterocycles. The molecule has 0 radical (unpaired) electrons. The first-order valence-corrected chi connectivity index (χ1v) is 7.00. The molecule has 18 heavy (non-hydrogen) atoms. The van der Waals surface area contributed by atoms with Gasteiger partial charge in [-0.25, -0.2) is 9.97 Å². The zero-order valence-electron chi connectivity index (χ0n) is 10.7. The van der Waals surface area contributed by atoms with Crippen molar-refractivity contribution in [1.29, 1.82) is 0 Å². The molecule has 2 heterocycles. The van der Waals surface area contributed by atoms with E-state index in [9.17, 15) is 0 Å². The third-order valence-corrected chi connectivity index (χ3v) is 3.32. The smallest absolute Gasteiger partial charge is 0.127 e. The maximum Gasteiger partial charge on any atom is 0.127 e. The Morgan fingerprint density at radius 2 is 2.22 bits per heavy atom. The molecule has 0 saturated carbocycles. The van der Waals surface area contributed by atoms with Crippen molar-refractivity contribution in [3.05, 3.63) is 34.4 Å². The van der Waals surface area contributed by atoms with Gasteiger partial charge in [-0.1, -0.05) is 0 Å². The van der Waals surface area contributed by atoms with Crippen molar-refractivity contribution in [2.24, 2.45) is 0 Å². The average Bonchev–Trinajstić information content (AvgIpc) is 2.76. The molecule has 0 fully saturated rings. The summed E-state index contributed by atoms with van der Waals surface area (Å²) in [5.74, 6) is 0.909. The van der Waals surface area contributed by atoms with E-state index in [0.717, 1.165) is 41.7 Å². The van der Waals surface area contributed by atoms with E-state index in [1.54, 1.807) is 11.3 Å². The Hall–Kier alpha value is -1.62. The summed E-state index contributed by atoms with van der Waals surface area (Å²) in [5, 5.41) is 9.83. The monoisotopic (exact) mass is 262 g/mol. The highest BCUT2D eigenvalue weighted by Gasteiger charge is 1.99. The van der Waals surface area contributed by atoms with Gasteiger partial charge in [-0.15, -0.1) is 11.3 Å². The standard InChI is InChI=1S/C13H18N4S/c1-3-14-13-8-11(4-7-16-13)15-6-5-12-9-18-10(2)17-12/h4,7-9H,3,5-6H2,1-2H3,(H2,14,15,16). The van der Waals surface area contributed by atoms with Crippen molar-refractivity contribution in [2.45, 2.75) is 20.3 Å². The lowest BCUT2D eigenvalue weighted by Crippen LogP contribution is -2.06. The lowest BCUT2D eigenvalue weighted by Gasteiger charge is -2.07. The minimum absolute atomic E-state index is 0.883. The van der Waals surface area contributed by atoms with Gasteiger partial charge < -0.3 is 10.6 Å². The Balaban J connectivity index is 1.84. The largest absolute Gasteiger partial charge is 0.384 e. The van der Waals surface area contributed by atoms with E-state index >= 15 is 0 Å². The maximum atomic E-state index is 4.44. The lowest BCUT2D eigenvalue weighted by atomic mass is 10.3. The normalized spacial score (nSPS) is 10.3. The van der Waals surface area contributed by atoms with Crippen LogP contribution in [0, 0.1) is 6.92 Å². The fraction of sp³-hybridized carbons (Fsp3) is 0.385. The number of thiazole rings is 1. The Labute approximate surface area is 111 Å². The van der Waals surface area contributed by atoms with Crippen molar-refractivity contribution >= 4 is 22.8 Å². The summed E-state index contributed by atoms with van der Waals surface area (Å²) in [6.07, 6.45) is 2.76. The van der Waals surface area contributed by atoms with Crippen LogP contribution < -0.4 is 10.6 Å². The van der Waals surface area contributed by atoms with Gasteiger partial charge in [0.05, 0.1) is 10.7 Å². The number of aryl methyl sites for hydroxylation is 1. The van der Waals surface area contributed by atoms with Gasteiger partial charge in [0, 0.05) is 42.8 Å². The molecule has 0 bridgehead atoms. The molecule has 0 spiro atoms. The summed E-state index contributed by atoms with van der Waals surface area (Å²) in [7, 11) is 0. The molecule has 0 aromatic carbocycles. The van der Waals surface area contributed by atoms with Crippen molar-refractivity contribution in [3.63, 3.8) is 0 Å². The van der Waals surface area contributed by atoms with E-state index in [1.165, 1.54) is 0 Å². The molecule has 96 valence electrons. The van der Waals surface area contributed by atoms with Gasteiger partial charge in [-0.2, -0.15) is 0 Å². The van der Waals surface area contributed by atoms with Crippen LogP contribution in [0.2, 0.25) is 0 Å². The van der Waals surface area contributed by atoms with E-state index < -0.39 is 0 Å². The molecule has 2 aromatic rings. The molecule has 0 aliphatic heterocycles. The summed E-state index contributed by atoms with van der Waals surface area (Å²) in [4.78, 5) is 8.68. The first-order chi connectivity index (χ1) is 8.78. The third-order valence-electron chi connectivity index (χ3n) is 2.49. The Kier molecular flexibility index (Phi) is 4.52. The zero-order valence-corrected chi connectivity index (χ0v) is 11.5. The van der Waals surface area contributed by atoms with E-state index in [1.807, 2.05) is 25.3 Å². The van der Waals surface area contributed by atoms with Crippen molar-refractivity contribution in [1.82, 2.24) is 9.97 Å². The van der Waals surface area contributed by atoms with Gasteiger partial charge >= 0.3 is 0 Å². The molecule has 0 atom stereocenters. The summed E-state index contributed by atoms with van der Waals surface area (Å²) in [6, 6.07) is 4.00. The highest BCUT2D eigenvalue weighted by atomic mass is 32.1. The predicted octanol–water partition coefficient (Wildman–Crippen LogP) is 2.93. The molecule has 0 aliphatic carbocycles. The fourth-order valence-electron chi connectivity index (χ4n) is 1.68. The molecule has 4 nitrogen and oxygen atoms in total. The molecule has 2 aromatic heterocycles. The minimum Gasteiger partial charge on any atom is -0.384 e. The summed E-state index contributed by atoms with van der Waals surface area (Å²) in [5.41, 5.74) is 2.25. The Morgan fingerprint density at radius 3 is 2.94 bits per heavy atom. The van der Waals surface area contributed by atoms with Crippen LogP contribution in [-0.4, -0.2) is 23.1 Å². The van der Waals surface area contributed by atoms with Gasteiger partial charge in [0.25, 0.3) is 0 Å². The molecule has 5 heteroatoms. The molecule has 0 unspecified atom stereocenters. The van der Waals surface area contributed by atoms with Gasteiger partial charge in [0.2, 0.25) is 0 Å².